The molecule has 0 atom stereocenters. The average Bonchev–Trinajstić information content (AvgIpc) is 3.73. The highest BCUT2D eigenvalue weighted by Gasteiger charge is 2.38. The molecule has 0 radical (unpaired) electrons. The van der Waals surface area contributed by atoms with Crippen molar-refractivity contribution in [1.29, 1.82) is 0 Å². The summed E-state index contributed by atoms with van der Waals surface area (Å²) in [4.78, 5) is 2.43. The highest BCUT2D eigenvalue weighted by Crippen LogP contribution is 2.51. The van der Waals surface area contributed by atoms with Gasteiger partial charge in [0.1, 0.15) is 0 Å². The van der Waals surface area contributed by atoms with Gasteiger partial charge in [0, 0.05) is 38.9 Å². The molecule has 1 aromatic heterocycles. The Morgan fingerprint density at radius 3 is 1.80 bits per heavy atom. The lowest BCUT2D eigenvalue weighted by molar-refractivity contribution is 0.332. The van der Waals surface area contributed by atoms with Gasteiger partial charge >= 0.3 is 0 Å². The lowest BCUT2D eigenvalue weighted by atomic mass is 9.63. The van der Waals surface area contributed by atoms with E-state index in [1.54, 1.807) is 0 Å². The van der Waals surface area contributed by atoms with E-state index in [1.807, 2.05) is 0 Å². The fraction of sp³-hybridized carbons (Fsp3) is 0.186. The fourth-order valence-corrected chi connectivity index (χ4v) is 10.7. The molecule has 0 bridgehead atoms. The summed E-state index contributed by atoms with van der Waals surface area (Å²) in [5, 5.41) is 2.54. The number of para-hydroxylation sites is 1. The smallest absolute Gasteiger partial charge is 0.0541 e. The molecule has 0 N–H and O–H groups in total. The van der Waals surface area contributed by atoms with Crippen molar-refractivity contribution >= 4 is 38.9 Å². The Morgan fingerprint density at radius 2 is 0.984 bits per heavy atom. The lowest BCUT2D eigenvalue weighted by Gasteiger charge is -2.42. The van der Waals surface area contributed by atoms with Crippen molar-refractivity contribution in [3.8, 4) is 39.1 Å². The average molecular weight is 789 g/mol. The van der Waals surface area contributed by atoms with Crippen molar-refractivity contribution in [2.75, 3.05) is 4.90 Å². The number of hydrogen-bond acceptors (Lipinski definition) is 1. The van der Waals surface area contributed by atoms with E-state index in [9.17, 15) is 0 Å². The quantitative estimate of drug-likeness (QED) is 0.163. The number of hydrogen-bond donors (Lipinski definition) is 0. The van der Waals surface area contributed by atoms with Crippen molar-refractivity contribution in [3.05, 3.63) is 204 Å². The van der Waals surface area contributed by atoms with E-state index in [4.69, 9.17) is 0 Å². The van der Waals surface area contributed by atoms with Crippen LogP contribution >= 0.6 is 0 Å². The number of anilines is 3. The summed E-state index contributed by atoms with van der Waals surface area (Å²) in [6, 6.07) is 68.0. The van der Waals surface area contributed by atoms with Crippen LogP contribution in [0.15, 0.2) is 182 Å². The molecule has 0 aliphatic heterocycles. The van der Waals surface area contributed by atoms with Crippen LogP contribution in [-0.2, 0) is 16.2 Å². The Bertz CT molecular complexity index is 3160. The van der Waals surface area contributed by atoms with E-state index in [-0.39, 0.29) is 16.2 Å². The molecule has 2 nitrogen and oxygen atoms in total. The van der Waals surface area contributed by atoms with E-state index < -0.39 is 0 Å². The number of aromatic nitrogens is 1. The molecular formula is C59H52N2. The van der Waals surface area contributed by atoms with Crippen molar-refractivity contribution in [2.24, 2.45) is 0 Å². The van der Waals surface area contributed by atoms with Gasteiger partial charge < -0.3 is 9.47 Å². The van der Waals surface area contributed by atoms with E-state index in [2.05, 4.69) is 233 Å². The van der Waals surface area contributed by atoms with Crippen molar-refractivity contribution in [2.45, 2.75) is 70.6 Å². The van der Waals surface area contributed by atoms with Gasteiger partial charge in [0.15, 0.2) is 0 Å². The standard InChI is InChI=1S/C59H52N2/c1-57(2)33-34-58(3,4)54-38-46(29-31-52(54)57)61-55-22-13-11-20-49(55)50-36-42(25-32-56(50)61)41-17-14-18-44(35-41)60(43-26-23-40(24-27-43)39-15-8-7-9-16-39)45-28-30-48-47-19-10-12-21-51(47)59(5,6)53(48)37-45/h7-32,35-38H,33-34H2,1-6H3. The summed E-state index contributed by atoms with van der Waals surface area (Å²) >= 11 is 0. The van der Waals surface area contributed by atoms with Gasteiger partial charge in [-0.25, -0.2) is 0 Å². The molecule has 9 aromatic rings. The molecular weight excluding hydrogens is 737 g/mol. The van der Waals surface area contributed by atoms with Gasteiger partial charge in [0.25, 0.3) is 0 Å². The van der Waals surface area contributed by atoms with Crippen LogP contribution in [0.1, 0.15) is 76.6 Å². The molecule has 8 aromatic carbocycles. The van der Waals surface area contributed by atoms with Crippen LogP contribution < -0.4 is 4.90 Å². The molecule has 2 aliphatic rings. The van der Waals surface area contributed by atoms with Gasteiger partial charge in [-0.05, 0) is 146 Å². The van der Waals surface area contributed by atoms with Crippen LogP contribution in [0.2, 0.25) is 0 Å². The zero-order chi connectivity index (χ0) is 41.7. The minimum atomic E-state index is -0.104. The molecule has 0 saturated heterocycles. The highest BCUT2D eigenvalue weighted by molar-refractivity contribution is 6.10. The molecule has 2 heteroatoms. The zero-order valence-electron chi connectivity index (χ0n) is 36.1. The number of rotatable bonds is 6. The first-order chi connectivity index (χ1) is 29.5. The zero-order valence-corrected chi connectivity index (χ0v) is 36.1. The second-order valence-corrected chi connectivity index (χ2v) is 19.3. The Kier molecular flexibility index (Phi) is 8.39. The first-order valence-electron chi connectivity index (χ1n) is 22.0. The van der Waals surface area contributed by atoms with Crippen LogP contribution in [0, 0.1) is 0 Å². The van der Waals surface area contributed by atoms with Gasteiger partial charge in [0.05, 0.1) is 11.0 Å². The third kappa shape index (κ3) is 5.98. The van der Waals surface area contributed by atoms with E-state index in [0.29, 0.717) is 0 Å². The van der Waals surface area contributed by atoms with E-state index in [1.165, 1.54) is 96.0 Å². The second kappa shape index (κ2) is 13.7. The van der Waals surface area contributed by atoms with Crippen LogP contribution in [0.4, 0.5) is 17.1 Å². The molecule has 0 spiro atoms. The lowest BCUT2D eigenvalue weighted by Crippen LogP contribution is -2.33. The van der Waals surface area contributed by atoms with Crippen LogP contribution in [-0.4, -0.2) is 4.57 Å². The Balaban J connectivity index is 1.04. The molecule has 0 fully saturated rings. The van der Waals surface area contributed by atoms with Crippen molar-refractivity contribution in [3.63, 3.8) is 0 Å². The normalized spacial score (nSPS) is 15.6. The summed E-state index contributed by atoms with van der Waals surface area (Å²) in [5.74, 6) is 0. The molecule has 0 saturated carbocycles. The molecule has 2 aliphatic carbocycles. The Hall–Kier alpha value is -6.64. The third-order valence-electron chi connectivity index (χ3n) is 14.3. The predicted octanol–water partition coefficient (Wildman–Crippen LogP) is 16.2. The van der Waals surface area contributed by atoms with Gasteiger partial charge in [-0.15, -0.1) is 0 Å². The van der Waals surface area contributed by atoms with E-state index in [0.717, 1.165) is 17.1 Å². The monoisotopic (exact) mass is 788 g/mol. The Morgan fingerprint density at radius 1 is 0.377 bits per heavy atom. The number of benzene rings is 8. The number of nitrogens with zero attached hydrogens (tertiary/aromatic N) is 2. The molecule has 298 valence electrons. The van der Waals surface area contributed by atoms with Gasteiger partial charge in [0.2, 0.25) is 0 Å². The summed E-state index contributed by atoms with van der Waals surface area (Å²) in [6.45, 7) is 14.4. The molecule has 61 heavy (non-hydrogen) atoms. The summed E-state index contributed by atoms with van der Waals surface area (Å²) < 4.78 is 2.48. The van der Waals surface area contributed by atoms with Crippen LogP contribution in [0.25, 0.3) is 60.9 Å². The molecule has 11 rings (SSSR count). The third-order valence-corrected chi connectivity index (χ3v) is 14.3. The largest absolute Gasteiger partial charge is 0.310 e. The van der Waals surface area contributed by atoms with Gasteiger partial charge in [-0.3, -0.25) is 0 Å². The van der Waals surface area contributed by atoms with Crippen molar-refractivity contribution < 1.29 is 0 Å². The molecule has 0 unspecified atom stereocenters. The van der Waals surface area contributed by atoms with Gasteiger partial charge in [-0.1, -0.05) is 157 Å². The topological polar surface area (TPSA) is 8.17 Å². The minimum Gasteiger partial charge on any atom is -0.310 e. The fourth-order valence-electron chi connectivity index (χ4n) is 10.7. The predicted molar refractivity (Wildman–Crippen MR) is 259 cm³/mol. The molecule has 1 heterocycles. The Labute approximate surface area is 360 Å². The SMILES string of the molecule is CC1(C)CCC(C)(C)c2cc(-n3c4ccccc4c4cc(-c5cccc(N(c6ccc(-c7ccccc7)cc6)c6ccc7c(c6)C(C)(C)c6ccccc6-7)c5)ccc43)ccc21. The maximum absolute atomic E-state index is 2.49. The number of fused-ring (bicyclic) bond motifs is 7. The van der Waals surface area contributed by atoms with Crippen molar-refractivity contribution in [1.82, 2.24) is 4.57 Å². The highest BCUT2D eigenvalue weighted by atomic mass is 15.1. The second-order valence-electron chi connectivity index (χ2n) is 19.3. The minimum absolute atomic E-state index is 0.104. The van der Waals surface area contributed by atoms with Crippen LogP contribution in [0.5, 0.6) is 0 Å². The maximum Gasteiger partial charge on any atom is 0.0541 e. The summed E-state index contributed by atoms with van der Waals surface area (Å²) in [5.41, 5.74) is 20.5. The summed E-state index contributed by atoms with van der Waals surface area (Å²) in [6.07, 6.45) is 2.41. The first-order valence-corrected chi connectivity index (χ1v) is 22.0. The summed E-state index contributed by atoms with van der Waals surface area (Å²) in [7, 11) is 0. The molecule has 0 amide bonds. The van der Waals surface area contributed by atoms with Gasteiger partial charge in [-0.2, -0.15) is 0 Å². The van der Waals surface area contributed by atoms with E-state index >= 15 is 0 Å². The maximum atomic E-state index is 2.49. The van der Waals surface area contributed by atoms with Crippen LogP contribution in [0.3, 0.4) is 0 Å². The first kappa shape index (κ1) is 37.4.